The summed E-state index contributed by atoms with van der Waals surface area (Å²) in [5.74, 6) is 0.942. The second kappa shape index (κ2) is 10.8. The van der Waals surface area contributed by atoms with Crippen molar-refractivity contribution in [2.75, 3.05) is 59.9 Å². The van der Waals surface area contributed by atoms with Crippen LogP contribution < -0.4 is 10.6 Å². The van der Waals surface area contributed by atoms with Gasteiger partial charge in [-0.1, -0.05) is 43.2 Å². The van der Waals surface area contributed by atoms with Gasteiger partial charge in [0.1, 0.15) is 0 Å². The molecule has 1 saturated heterocycles. The van der Waals surface area contributed by atoms with Crippen molar-refractivity contribution in [1.29, 1.82) is 0 Å². The zero-order valence-electron chi connectivity index (χ0n) is 17.9. The van der Waals surface area contributed by atoms with Gasteiger partial charge in [-0.3, -0.25) is 4.99 Å². The molecule has 2 fully saturated rings. The minimum absolute atomic E-state index is 0.261. The maximum absolute atomic E-state index is 4.46. The smallest absolute Gasteiger partial charge is 0.191 e. The minimum atomic E-state index is 0.261. The van der Waals surface area contributed by atoms with Gasteiger partial charge in [-0.15, -0.1) is 0 Å². The van der Waals surface area contributed by atoms with Gasteiger partial charge >= 0.3 is 0 Å². The molecule has 1 aromatic carbocycles. The lowest BCUT2D eigenvalue weighted by molar-refractivity contribution is 0.274. The molecule has 0 aromatic heterocycles. The van der Waals surface area contributed by atoms with Crippen LogP contribution in [0.3, 0.4) is 0 Å². The summed E-state index contributed by atoms with van der Waals surface area (Å²) in [5, 5.41) is 7.15. The highest BCUT2D eigenvalue weighted by molar-refractivity contribution is 5.79. The van der Waals surface area contributed by atoms with Gasteiger partial charge in [0.15, 0.2) is 5.96 Å². The highest BCUT2D eigenvalue weighted by Crippen LogP contribution is 2.40. The molecular formula is C23H39N5. The van der Waals surface area contributed by atoms with Gasteiger partial charge in [0.2, 0.25) is 0 Å². The molecule has 5 nitrogen and oxygen atoms in total. The van der Waals surface area contributed by atoms with E-state index >= 15 is 0 Å². The normalized spacial score (nSPS) is 21.4. The summed E-state index contributed by atoms with van der Waals surface area (Å²) < 4.78 is 0. The molecule has 3 rings (SSSR count). The van der Waals surface area contributed by atoms with Crippen molar-refractivity contribution in [3.8, 4) is 0 Å². The molecule has 2 N–H and O–H groups in total. The lowest BCUT2D eigenvalue weighted by atomic mass is 9.79. The van der Waals surface area contributed by atoms with Crippen molar-refractivity contribution < 1.29 is 0 Å². The number of benzene rings is 1. The Kier molecular flexibility index (Phi) is 8.16. The largest absolute Gasteiger partial charge is 0.356 e. The van der Waals surface area contributed by atoms with Gasteiger partial charge in [0, 0.05) is 38.6 Å². The third-order valence-electron chi connectivity index (χ3n) is 6.52. The van der Waals surface area contributed by atoms with Crippen LogP contribution in [0.2, 0.25) is 0 Å². The molecule has 1 heterocycles. The van der Waals surface area contributed by atoms with E-state index in [9.17, 15) is 0 Å². The monoisotopic (exact) mass is 385 g/mol. The van der Waals surface area contributed by atoms with Crippen LogP contribution in [0, 0.1) is 0 Å². The standard InChI is InChI=1S/C23H39N5/c1-24-22(25-14-8-16-28-17-9-15-27(2)18-19-28)26-20-23(12-6-7-13-23)21-10-4-3-5-11-21/h3-5,10-11H,6-9,12-20H2,1-2H3,(H2,24,25,26). The molecule has 0 atom stereocenters. The van der Waals surface area contributed by atoms with Crippen molar-refractivity contribution in [2.45, 2.75) is 43.9 Å². The number of nitrogens with one attached hydrogen (secondary N) is 2. The highest BCUT2D eigenvalue weighted by atomic mass is 15.2. The van der Waals surface area contributed by atoms with Crippen molar-refractivity contribution in [3.63, 3.8) is 0 Å². The fraction of sp³-hybridized carbons (Fsp3) is 0.696. The van der Waals surface area contributed by atoms with E-state index in [1.54, 1.807) is 0 Å². The van der Waals surface area contributed by atoms with Crippen molar-refractivity contribution in [3.05, 3.63) is 35.9 Å². The lowest BCUT2D eigenvalue weighted by Gasteiger charge is -2.31. The fourth-order valence-electron chi connectivity index (χ4n) is 4.72. The van der Waals surface area contributed by atoms with Gasteiger partial charge in [0.05, 0.1) is 0 Å². The van der Waals surface area contributed by atoms with E-state index in [0.29, 0.717) is 0 Å². The second-order valence-corrected chi connectivity index (χ2v) is 8.56. The Labute approximate surface area is 171 Å². The molecule has 1 aromatic rings. The Morgan fingerprint density at radius 2 is 1.79 bits per heavy atom. The molecule has 0 amide bonds. The van der Waals surface area contributed by atoms with Gasteiger partial charge < -0.3 is 20.4 Å². The Morgan fingerprint density at radius 3 is 2.54 bits per heavy atom. The van der Waals surface area contributed by atoms with Crippen LogP contribution in [0.5, 0.6) is 0 Å². The van der Waals surface area contributed by atoms with E-state index in [0.717, 1.165) is 25.5 Å². The van der Waals surface area contributed by atoms with Crippen LogP contribution in [0.1, 0.15) is 44.1 Å². The maximum atomic E-state index is 4.46. The maximum Gasteiger partial charge on any atom is 0.191 e. The Bertz CT molecular complexity index is 594. The van der Waals surface area contributed by atoms with Gasteiger partial charge in [0.25, 0.3) is 0 Å². The zero-order chi connectivity index (χ0) is 19.7. The van der Waals surface area contributed by atoms with E-state index in [1.807, 2.05) is 7.05 Å². The number of likely N-dealkylation sites (N-methyl/N-ethyl adjacent to an activating group) is 1. The summed E-state index contributed by atoms with van der Waals surface area (Å²) in [7, 11) is 4.11. The minimum Gasteiger partial charge on any atom is -0.356 e. The third kappa shape index (κ3) is 5.95. The summed E-state index contributed by atoms with van der Waals surface area (Å²) >= 11 is 0. The molecular weight excluding hydrogens is 346 g/mol. The van der Waals surface area contributed by atoms with Crippen LogP contribution in [0.25, 0.3) is 0 Å². The first kappa shape index (κ1) is 21.1. The Hall–Kier alpha value is -1.59. The summed E-state index contributed by atoms with van der Waals surface area (Å²) in [6, 6.07) is 11.0. The van der Waals surface area contributed by atoms with Crippen LogP contribution in [0.15, 0.2) is 35.3 Å². The molecule has 0 radical (unpaired) electrons. The molecule has 1 saturated carbocycles. The molecule has 0 spiro atoms. The van der Waals surface area contributed by atoms with Gasteiger partial charge in [-0.25, -0.2) is 0 Å². The number of nitrogens with zero attached hydrogens (tertiary/aromatic N) is 3. The zero-order valence-corrected chi connectivity index (χ0v) is 17.9. The van der Waals surface area contributed by atoms with E-state index in [4.69, 9.17) is 0 Å². The predicted molar refractivity (Wildman–Crippen MR) is 119 cm³/mol. The molecule has 2 aliphatic rings. The topological polar surface area (TPSA) is 42.9 Å². The lowest BCUT2D eigenvalue weighted by Crippen LogP contribution is -2.45. The van der Waals surface area contributed by atoms with E-state index < -0.39 is 0 Å². The molecule has 0 unspecified atom stereocenters. The first-order valence-electron chi connectivity index (χ1n) is 11.1. The average Bonchev–Trinajstić information content (AvgIpc) is 3.12. The number of hydrogen-bond donors (Lipinski definition) is 2. The van der Waals surface area contributed by atoms with Gasteiger partial charge in [-0.05, 0) is 57.9 Å². The second-order valence-electron chi connectivity index (χ2n) is 8.56. The average molecular weight is 386 g/mol. The molecule has 1 aliphatic carbocycles. The first-order valence-corrected chi connectivity index (χ1v) is 11.1. The number of guanidine groups is 1. The predicted octanol–water partition coefficient (Wildman–Crippen LogP) is 2.69. The molecule has 1 aliphatic heterocycles. The summed E-state index contributed by atoms with van der Waals surface area (Å²) in [4.78, 5) is 9.50. The van der Waals surface area contributed by atoms with Crippen LogP contribution in [-0.2, 0) is 5.41 Å². The van der Waals surface area contributed by atoms with E-state index in [2.05, 4.69) is 62.8 Å². The molecule has 156 valence electrons. The molecule has 0 bridgehead atoms. The summed E-state index contributed by atoms with van der Waals surface area (Å²) in [6.07, 6.45) is 7.64. The Balaban J connectivity index is 1.42. The van der Waals surface area contributed by atoms with Crippen molar-refractivity contribution in [2.24, 2.45) is 4.99 Å². The van der Waals surface area contributed by atoms with Gasteiger partial charge in [-0.2, -0.15) is 0 Å². The van der Waals surface area contributed by atoms with E-state index in [-0.39, 0.29) is 5.41 Å². The quantitative estimate of drug-likeness (QED) is 0.430. The van der Waals surface area contributed by atoms with Crippen LogP contribution >= 0.6 is 0 Å². The number of rotatable bonds is 7. The Morgan fingerprint density at radius 1 is 1.00 bits per heavy atom. The first-order chi connectivity index (χ1) is 13.7. The SMILES string of the molecule is CN=C(NCCCN1CCCN(C)CC1)NCC1(c2ccccc2)CCCC1. The third-order valence-corrected chi connectivity index (χ3v) is 6.52. The fourth-order valence-corrected chi connectivity index (χ4v) is 4.72. The summed E-state index contributed by atoms with van der Waals surface area (Å²) in [6.45, 7) is 7.97. The number of aliphatic imine (C=N–C) groups is 1. The van der Waals surface area contributed by atoms with Crippen molar-refractivity contribution >= 4 is 5.96 Å². The van der Waals surface area contributed by atoms with E-state index in [1.165, 1.54) is 70.4 Å². The van der Waals surface area contributed by atoms with Crippen LogP contribution in [-0.4, -0.2) is 75.7 Å². The molecule has 28 heavy (non-hydrogen) atoms. The number of hydrogen-bond acceptors (Lipinski definition) is 3. The highest BCUT2D eigenvalue weighted by Gasteiger charge is 2.35. The molecule has 5 heteroatoms. The summed E-state index contributed by atoms with van der Waals surface area (Å²) in [5.41, 5.74) is 1.73. The van der Waals surface area contributed by atoms with Crippen LogP contribution in [0.4, 0.5) is 0 Å². The van der Waals surface area contributed by atoms with Crippen molar-refractivity contribution in [1.82, 2.24) is 20.4 Å².